The van der Waals surface area contributed by atoms with Gasteiger partial charge in [0.15, 0.2) is 6.29 Å². The van der Waals surface area contributed by atoms with Gasteiger partial charge < -0.3 is 14.6 Å². The average Bonchev–Trinajstić information content (AvgIpc) is 3.08. The molecular formula is C20H18N2O3. The largest absolute Gasteiger partial charge is 0.417 e. The van der Waals surface area contributed by atoms with Crippen LogP contribution in [0.4, 0.5) is 0 Å². The summed E-state index contributed by atoms with van der Waals surface area (Å²) in [6.07, 6.45) is 5.75. The predicted octanol–water partition coefficient (Wildman–Crippen LogP) is 3.70. The molecule has 0 spiro atoms. The summed E-state index contributed by atoms with van der Waals surface area (Å²) < 4.78 is 5.54. The molecule has 0 aliphatic rings. The molecule has 2 N–H and O–H groups in total. The topological polar surface area (TPSA) is 79.4 Å². The van der Waals surface area contributed by atoms with Crippen LogP contribution in [0, 0.1) is 6.92 Å². The fourth-order valence-corrected chi connectivity index (χ4v) is 2.17. The van der Waals surface area contributed by atoms with Crippen LogP contribution in [0.5, 0.6) is 0 Å². The van der Waals surface area contributed by atoms with Gasteiger partial charge in [0.25, 0.3) is 0 Å². The molecule has 0 radical (unpaired) electrons. The van der Waals surface area contributed by atoms with Gasteiger partial charge in [0.1, 0.15) is 0 Å². The third-order valence-electron chi connectivity index (χ3n) is 3.60. The van der Waals surface area contributed by atoms with Crippen LogP contribution in [0.15, 0.2) is 52.9 Å². The van der Waals surface area contributed by atoms with Gasteiger partial charge in [-0.25, -0.2) is 0 Å². The number of aryl methyl sites for hydroxylation is 1. The summed E-state index contributed by atoms with van der Waals surface area (Å²) in [6, 6.07) is 15.0. The second kappa shape index (κ2) is 7.70. The molecule has 0 fully saturated rings. The molecule has 3 rings (SSSR count). The first-order valence-electron chi connectivity index (χ1n) is 7.82. The Morgan fingerprint density at radius 3 is 1.72 bits per heavy atom. The van der Waals surface area contributed by atoms with Crippen molar-refractivity contribution in [1.82, 2.24) is 10.2 Å². The van der Waals surface area contributed by atoms with Crippen molar-refractivity contribution in [2.24, 2.45) is 0 Å². The van der Waals surface area contributed by atoms with Crippen molar-refractivity contribution < 1.29 is 14.6 Å². The zero-order valence-corrected chi connectivity index (χ0v) is 13.7. The third-order valence-corrected chi connectivity index (χ3v) is 3.60. The maximum absolute atomic E-state index is 9.07. The lowest BCUT2D eigenvalue weighted by molar-refractivity contribution is -0.0424. The second-order valence-electron chi connectivity index (χ2n) is 5.60. The van der Waals surface area contributed by atoms with Crippen molar-refractivity contribution in [2.75, 3.05) is 0 Å². The van der Waals surface area contributed by atoms with Gasteiger partial charge in [-0.3, -0.25) is 0 Å². The SMILES string of the molecule is Cc1ccc(/C=C/c2nnc(/C=C/c3ccc(C(O)O)cc3)o2)cc1. The smallest absolute Gasteiger partial charge is 0.240 e. The highest BCUT2D eigenvalue weighted by Gasteiger charge is 2.02. The van der Waals surface area contributed by atoms with Crippen molar-refractivity contribution in [2.45, 2.75) is 13.2 Å². The molecule has 1 heterocycles. The van der Waals surface area contributed by atoms with Crippen LogP contribution in [-0.2, 0) is 0 Å². The number of rotatable bonds is 5. The minimum Gasteiger partial charge on any atom is -0.417 e. The number of nitrogens with zero attached hydrogens (tertiary/aromatic N) is 2. The first-order valence-corrected chi connectivity index (χ1v) is 7.82. The molecule has 0 aliphatic carbocycles. The average molecular weight is 334 g/mol. The molecule has 0 saturated carbocycles. The normalized spacial score (nSPS) is 11.8. The number of aliphatic hydroxyl groups excluding tert-OH is 1. The first kappa shape index (κ1) is 16.8. The van der Waals surface area contributed by atoms with Crippen molar-refractivity contribution >= 4 is 24.3 Å². The highest BCUT2D eigenvalue weighted by Crippen LogP contribution is 2.14. The van der Waals surface area contributed by atoms with Gasteiger partial charge in [-0.15, -0.1) is 10.2 Å². The first-order chi connectivity index (χ1) is 12.1. The van der Waals surface area contributed by atoms with E-state index in [1.807, 2.05) is 43.3 Å². The molecule has 5 nitrogen and oxygen atoms in total. The molecule has 126 valence electrons. The van der Waals surface area contributed by atoms with Gasteiger partial charge in [-0.05, 0) is 30.2 Å². The Balaban J connectivity index is 1.65. The van der Waals surface area contributed by atoms with Gasteiger partial charge in [-0.1, -0.05) is 54.1 Å². The number of hydrogen-bond acceptors (Lipinski definition) is 5. The molecular weight excluding hydrogens is 316 g/mol. The Labute approximate surface area is 145 Å². The Kier molecular flexibility index (Phi) is 5.18. The van der Waals surface area contributed by atoms with E-state index in [0.29, 0.717) is 17.3 Å². The molecule has 0 aliphatic heterocycles. The van der Waals surface area contributed by atoms with Crippen LogP contribution < -0.4 is 0 Å². The zero-order valence-electron chi connectivity index (χ0n) is 13.7. The number of benzene rings is 2. The Bertz CT molecular complexity index is 876. The van der Waals surface area contributed by atoms with E-state index < -0.39 is 6.29 Å². The molecule has 0 bridgehead atoms. The summed E-state index contributed by atoms with van der Waals surface area (Å²) in [5.41, 5.74) is 3.61. The fourth-order valence-electron chi connectivity index (χ4n) is 2.17. The minimum absolute atomic E-state index is 0.398. The van der Waals surface area contributed by atoms with Crippen molar-refractivity contribution in [3.63, 3.8) is 0 Å². The molecule has 5 heteroatoms. The molecule has 0 unspecified atom stereocenters. The quantitative estimate of drug-likeness (QED) is 0.696. The summed E-state index contributed by atoms with van der Waals surface area (Å²) in [5, 5.41) is 26.1. The highest BCUT2D eigenvalue weighted by atomic mass is 16.5. The second-order valence-corrected chi connectivity index (χ2v) is 5.60. The van der Waals surface area contributed by atoms with Gasteiger partial charge in [0.05, 0.1) is 0 Å². The molecule has 1 aromatic heterocycles. The zero-order chi connectivity index (χ0) is 17.6. The Hall–Kier alpha value is -3.02. The van der Waals surface area contributed by atoms with Crippen LogP contribution >= 0.6 is 0 Å². The standard InChI is InChI=1S/C20H18N2O3/c1-14-2-4-15(5-3-14)8-12-18-21-22-19(25-18)13-9-16-6-10-17(11-7-16)20(23)24/h2-13,20,23-24H,1H3/b12-8+,13-9+. The molecule has 2 aromatic carbocycles. The van der Waals surface area contributed by atoms with Crippen LogP contribution in [0.3, 0.4) is 0 Å². The summed E-state index contributed by atoms with van der Waals surface area (Å²) in [6.45, 7) is 2.05. The summed E-state index contributed by atoms with van der Waals surface area (Å²) >= 11 is 0. The van der Waals surface area contributed by atoms with Crippen molar-refractivity contribution in [3.05, 3.63) is 82.6 Å². The Morgan fingerprint density at radius 1 is 0.760 bits per heavy atom. The lowest BCUT2D eigenvalue weighted by Gasteiger charge is -2.02. The lowest BCUT2D eigenvalue weighted by Crippen LogP contribution is -1.93. The Morgan fingerprint density at radius 2 is 1.24 bits per heavy atom. The van der Waals surface area contributed by atoms with Gasteiger partial charge in [-0.2, -0.15) is 0 Å². The monoisotopic (exact) mass is 334 g/mol. The minimum atomic E-state index is -1.46. The highest BCUT2D eigenvalue weighted by molar-refractivity contribution is 5.68. The van der Waals surface area contributed by atoms with Crippen LogP contribution in [0.2, 0.25) is 0 Å². The van der Waals surface area contributed by atoms with E-state index in [9.17, 15) is 0 Å². The number of aromatic nitrogens is 2. The summed E-state index contributed by atoms with van der Waals surface area (Å²) in [5.74, 6) is 0.828. The van der Waals surface area contributed by atoms with E-state index in [1.165, 1.54) is 5.56 Å². The van der Waals surface area contributed by atoms with E-state index in [0.717, 1.165) is 11.1 Å². The fraction of sp³-hybridized carbons (Fsp3) is 0.100. The van der Waals surface area contributed by atoms with Gasteiger partial charge in [0.2, 0.25) is 11.8 Å². The van der Waals surface area contributed by atoms with E-state index in [4.69, 9.17) is 14.6 Å². The predicted molar refractivity (Wildman–Crippen MR) is 97.0 cm³/mol. The summed E-state index contributed by atoms with van der Waals surface area (Å²) in [7, 11) is 0. The molecule has 3 aromatic rings. The van der Waals surface area contributed by atoms with Crippen LogP contribution in [0.1, 0.15) is 40.3 Å². The molecule has 25 heavy (non-hydrogen) atoms. The van der Waals surface area contributed by atoms with Crippen LogP contribution in [0.25, 0.3) is 24.3 Å². The van der Waals surface area contributed by atoms with Gasteiger partial charge >= 0.3 is 0 Å². The lowest BCUT2D eigenvalue weighted by atomic mass is 10.1. The molecule has 0 atom stereocenters. The molecule has 0 saturated heterocycles. The van der Waals surface area contributed by atoms with E-state index in [1.54, 1.807) is 36.4 Å². The van der Waals surface area contributed by atoms with Crippen molar-refractivity contribution in [1.29, 1.82) is 0 Å². The van der Waals surface area contributed by atoms with Gasteiger partial charge in [0, 0.05) is 17.7 Å². The maximum Gasteiger partial charge on any atom is 0.240 e. The van der Waals surface area contributed by atoms with E-state index >= 15 is 0 Å². The maximum atomic E-state index is 9.07. The van der Waals surface area contributed by atoms with Crippen LogP contribution in [-0.4, -0.2) is 20.4 Å². The molecule has 0 amide bonds. The van der Waals surface area contributed by atoms with E-state index in [2.05, 4.69) is 10.2 Å². The van der Waals surface area contributed by atoms with E-state index in [-0.39, 0.29) is 0 Å². The third kappa shape index (κ3) is 4.73. The number of aliphatic hydroxyl groups is 2. The number of hydrogen-bond donors (Lipinski definition) is 2. The summed E-state index contributed by atoms with van der Waals surface area (Å²) in [4.78, 5) is 0. The van der Waals surface area contributed by atoms with Crippen molar-refractivity contribution in [3.8, 4) is 0 Å².